The van der Waals surface area contributed by atoms with Gasteiger partial charge in [0.05, 0.1) is 0 Å². The van der Waals surface area contributed by atoms with Gasteiger partial charge in [-0.2, -0.15) is 0 Å². The minimum atomic E-state index is 0.277. The molecule has 3 heteroatoms. The lowest BCUT2D eigenvalue weighted by Gasteiger charge is -2.20. The Morgan fingerprint density at radius 2 is 1.27 bits per heavy atom. The van der Waals surface area contributed by atoms with Crippen molar-refractivity contribution in [3.05, 3.63) is 102 Å². The SMILES string of the molecule is C#CCOc1ccc2c(c1)Sc1cc(Oc3ccc4cc5ccccc5cc4c3)ccc1C2. The quantitative estimate of drug-likeness (QED) is 0.204. The molecule has 0 saturated carbocycles. The van der Waals surface area contributed by atoms with Crippen LogP contribution in [0.2, 0.25) is 0 Å². The molecule has 0 aromatic heterocycles. The molecule has 0 amide bonds. The zero-order valence-corrected chi connectivity index (χ0v) is 18.7. The first-order valence-electron chi connectivity index (χ1n) is 10.9. The van der Waals surface area contributed by atoms with Crippen LogP contribution < -0.4 is 9.47 Å². The fraction of sp³-hybridized carbons (Fsp3) is 0.0667. The second kappa shape index (κ2) is 8.24. The molecule has 0 aliphatic carbocycles. The van der Waals surface area contributed by atoms with Gasteiger partial charge in [-0.3, -0.25) is 0 Å². The maximum atomic E-state index is 6.27. The van der Waals surface area contributed by atoms with Crippen molar-refractivity contribution < 1.29 is 9.47 Å². The van der Waals surface area contributed by atoms with E-state index in [1.807, 2.05) is 12.1 Å². The van der Waals surface area contributed by atoms with Gasteiger partial charge >= 0.3 is 0 Å². The Hall–Kier alpha value is -3.87. The Kier molecular flexibility index (Phi) is 4.94. The summed E-state index contributed by atoms with van der Waals surface area (Å²) >= 11 is 1.75. The zero-order chi connectivity index (χ0) is 22.2. The van der Waals surface area contributed by atoms with Crippen molar-refractivity contribution >= 4 is 33.3 Å². The molecule has 0 radical (unpaired) electrons. The van der Waals surface area contributed by atoms with Crippen LogP contribution in [-0.2, 0) is 6.42 Å². The molecule has 33 heavy (non-hydrogen) atoms. The van der Waals surface area contributed by atoms with E-state index in [9.17, 15) is 0 Å². The number of fused-ring (bicyclic) bond motifs is 4. The molecule has 158 valence electrons. The third-order valence-electron chi connectivity index (χ3n) is 5.91. The van der Waals surface area contributed by atoms with E-state index >= 15 is 0 Å². The number of terminal acetylenes is 1. The highest BCUT2D eigenvalue weighted by molar-refractivity contribution is 7.99. The maximum absolute atomic E-state index is 6.27. The summed E-state index contributed by atoms with van der Waals surface area (Å²) in [5, 5.41) is 4.86. The molecule has 0 N–H and O–H groups in total. The lowest BCUT2D eigenvalue weighted by Crippen LogP contribution is -2.01. The smallest absolute Gasteiger partial charge is 0.148 e. The van der Waals surface area contributed by atoms with Gasteiger partial charge in [0.25, 0.3) is 0 Å². The predicted octanol–water partition coefficient (Wildman–Crippen LogP) is 7.85. The monoisotopic (exact) mass is 444 g/mol. The van der Waals surface area contributed by atoms with Crippen LogP contribution in [0.3, 0.4) is 0 Å². The van der Waals surface area contributed by atoms with Crippen molar-refractivity contribution in [3.63, 3.8) is 0 Å². The minimum Gasteiger partial charge on any atom is -0.481 e. The fourth-order valence-corrected chi connectivity index (χ4v) is 5.40. The number of hydrogen-bond donors (Lipinski definition) is 0. The summed E-state index contributed by atoms with van der Waals surface area (Å²) < 4.78 is 11.9. The van der Waals surface area contributed by atoms with Gasteiger partial charge in [-0.1, -0.05) is 60.1 Å². The molecule has 5 aromatic carbocycles. The van der Waals surface area contributed by atoms with Crippen LogP contribution in [0, 0.1) is 12.3 Å². The van der Waals surface area contributed by atoms with Crippen molar-refractivity contribution in [2.24, 2.45) is 0 Å². The number of rotatable bonds is 4. The second-order valence-electron chi connectivity index (χ2n) is 8.12. The van der Waals surface area contributed by atoms with Gasteiger partial charge in [0.15, 0.2) is 0 Å². The van der Waals surface area contributed by atoms with E-state index in [1.165, 1.54) is 42.5 Å². The van der Waals surface area contributed by atoms with E-state index in [1.54, 1.807) is 11.8 Å². The molecule has 1 aliphatic heterocycles. The Labute approximate surface area is 197 Å². The molecular weight excluding hydrogens is 424 g/mol. The van der Waals surface area contributed by atoms with Gasteiger partial charge in [0.2, 0.25) is 0 Å². The summed E-state index contributed by atoms with van der Waals surface area (Å²) in [5.74, 6) is 5.00. The predicted molar refractivity (Wildman–Crippen MR) is 136 cm³/mol. The first-order valence-corrected chi connectivity index (χ1v) is 11.7. The topological polar surface area (TPSA) is 18.5 Å². The molecule has 0 unspecified atom stereocenters. The summed E-state index contributed by atoms with van der Waals surface area (Å²) in [6.07, 6.45) is 6.22. The van der Waals surface area contributed by atoms with Crippen LogP contribution in [0.5, 0.6) is 17.2 Å². The highest BCUT2D eigenvalue weighted by Gasteiger charge is 2.18. The van der Waals surface area contributed by atoms with Crippen molar-refractivity contribution in [1.29, 1.82) is 0 Å². The molecule has 5 aromatic rings. The highest BCUT2D eigenvalue weighted by atomic mass is 32.2. The summed E-state index contributed by atoms with van der Waals surface area (Å²) in [6, 6.07) is 31.7. The van der Waals surface area contributed by atoms with Gasteiger partial charge in [-0.15, -0.1) is 6.42 Å². The normalized spacial score (nSPS) is 12.1. The van der Waals surface area contributed by atoms with Crippen molar-refractivity contribution in [2.75, 3.05) is 6.61 Å². The molecule has 0 fully saturated rings. The van der Waals surface area contributed by atoms with Gasteiger partial charge in [0.1, 0.15) is 23.9 Å². The Balaban J connectivity index is 1.27. The van der Waals surface area contributed by atoms with Gasteiger partial charge < -0.3 is 9.47 Å². The van der Waals surface area contributed by atoms with E-state index in [4.69, 9.17) is 15.9 Å². The number of ether oxygens (including phenoxy) is 2. The molecule has 2 nitrogen and oxygen atoms in total. The Morgan fingerprint density at radius 1 is 0.667 bits per heavy atom. The largest absolute Gasteiger partial charge is 0.481 e. The average Bonchev–Trinajstić information content (AvgIpc) is 2.85. The van der Waals surface area contributed by atoms with Crippen LogP contribution >= 0.6 is 11.8 Å². The summed E-state index contributed by atoms with van der Waals surface area (Å²) in [5.41, 5.74) is 2.61. The zero-order valence-electron chi connectivity index (χ0n) is 17.9. The molecule has 0 atom stereocenters. The Bertz CT molecular complexity index is 1560. The molecule has 1 aliphatic rings. The van der Waals surface area contributed by atoms with Crippen molar-refractivity contribution in [2.45, 2.75) is 16.2 Å². The molecule has 0 spiro atoms. The molecule has 0 bridgehead atoms. The molecule has 0 saturated heterocycles. The van der Waals surface area contributed by atoms with Crippen LogP contribution in [0.15, 0.2) is 101 Å². The number of hydrogen-bond acceptors (Lipinski definition) is 3. The Morgan fingerprint density at radius 3 is 2.03 bits per heavy atom. The fourth-order valence-electron chi connectivity index (χ4n) is 4.27. The number of benzene rings is 5. The molecular formula is C30H20O2S. The first-order chi connectivity index (χ1) is 16.2. The van der Waals surface area contributed by atoms with Crippen LogP contribution in [0.4, 0.5) is 0 Å². The third-order valence-corrected chi connectivity index (χ3v) is 7.11. The maximum Gasteiger partial charge on any atom is 0.148 e. The first kappa shape index (κ1) is 19.8. The van der Waals surface area contributed by atoms with E-state index < -0.39 is 0 Å². The lowest BCUT2D eigenvalue weighted by molar-refractivity contribution is 0.369. The van der Waals surface area contributed by atoms with E-state index in [0.717, 1.165) is 23.7 Å². The standard InChI is InChI=1S/C30H20O2S/c1-2-13-31-26-10-8-23-16-24-9-12-28(19-30(24)33-29(23)18-26)32-27-11-7-22-14-20-5-3-4-6-21(20)15-25(22)17-27/h1,3-12,14-15,17-19H,13,16H2. The third kappa shape index (κ3) is 3.91. The van der Waals surface area contributed by atoms with E-state index in [0.29, 0.717) is 0 Å². The van der Waals surface area contributed by atoms with Gasteiger partial charge in [0, 0.05) is 9.79 Å². The van der Waals surface area contributed by atoms with Crippen LogP contribution in [0.25, 0.3) is 21.5 Å². The van der Waals surface area contributed by atoms with Gasteiger partial charge in [-0.05, 0) is 87.6 Å². The van der Waals surface area contributed by atoms with Crippen LogP contribution in [-0.4, -0.2) is 6.61 Å². The summed E-state index contributed by atoms with van der Waals surface area (Å²) in [4.78, 5) is 2.41. The molecule has 6 rings (SSSR count). The van der Waals surface area contributed by atoms with Crippen molar-refractivity contribution in [1.82, 2.24) is 0 Å². The molecule has 1 heterocycles. The van der Waals surface area contributed by atoms with Gasteiger partial charge in [-0.25, -0.2) is 0 Å². The average molecular weight is 445 g/mol. The second-order valence-corrected chi connectivity index (χ2v) is 9.20. The minimum absolute atomic E-state index is 0.277. The summed E-state index contributed by atoms with van der Waals surface area (Å²) in [7, 11) is 0. The van der Waals surface area contributed by atoms with E-state index in [2.05, 4.69) is 84.8 Å². The summed E-state index contributed by atoms with van der Waals surface area (Å²) in [6.45, 7) is 0.277. The lowest BCUT2D eigenvalue weighted by atomic mass is 10.0. The van der Waals surface area contributed by atoms with Crippen LogP contribution in [0.1, 0.15) is 11.1 Å². The highest BCUT2D eigenvalue weighted by Crippen LogP contribution is 2.43. The van der Waals surface area contributed by atoms with Crippen molar-refractivity contribution in [3.8, 4) is 29.6 Å². The van der Waals surface area contributed by atoms with E-state index in [-0.39, 0.29) is 6.61 Å².